The summed E-state index contributed by atoms with van der Waals surface area (Å²) in [4.78, 5) is 16.1. The fourth-order valence-electron chi connectivity index (χ4n) is 1.96. The molecule has 4 nitrogen and oxygen atoms in total. The van der Waals surface area contributed by atoms with Crippen molar-refractivity contribution in [2.75, 3.05) is 11.9 Å². The van der Waals surface area contributed by atoms with Gasteiger partial charge in [0.15, 0.2) is 0 Å². The molecule has 1 N–H and O–H groups in total. The van der Waals surface area contributed by atoms with E-state index in [0.29, 0.717) is 29.5 Å². The molecule has 0 aliphatic heterocycles. The first-order valence-electron chi connectivity index (χ1n) is 6.96. The fourth-order valence-corrected chi connectivity index (χ4v) is 2.17. The van der Waals surface area contributed by atoms with Gasteiger partial charge in [-0.3, -0.25) is 9.78 Å². The summed E-state index contributed by atoms with van der Waals surface area (Å²) in [6.45, 7) is 0.530. The SMILES string of the molecule is O=C(Nc1ccc(F)cc1OCC1CC1)c1ccncc1Cl. The number of rotatable bonds is 5. The van der Waals surface area contributed by atoms with Gasteiger partial charge in [0.2, 0.25) is 0 Å². The van der Waals surface area contributed by atoms with Crippen LogP contribution >= 0.6 is 11.6 Å². The second-order valence-electron chi connectivity index (χ2n) is 5.20. The van der Waals surface area contributed by atoms with Crippen molar-refractivity contribution in [3.05, 3.63) is 53.1 Å². The number of amides is 1. The summed E-state index contributed by atoms with van der Waals surface area (Å²) in [7, 11) is 0. The van der Waals surface area contributed by atoms with E-state index in [0.717, 1.165) is 12.8 Å². The number of carbonyl (C=O) groups excluding carboxylic acids is 1. The molecule has 0 saturated heterocycles. The van der Waals surface area contributed by atoms with Gasteiger partial charge in [0.05, 0.1) is 22.9 Å². The van der Waals surface area contributed by atoms with Crippen LogP contribution in [0, 0.1) is 11.7 Å². The molecule has 0 radical (unpaired) electrons. The first kappa shape index (κ1) is 14.8. The first-order valence-corrected chi connectivity index (χ1v) is 7.34. The Morgan fingerprint density at radius 3 is 2.95 bits per heavy atom. The molecule has 1 aliphatic carbocycles. The fraction of sp³-hybridized carbons (Fsp3) is 0.250. The van der Waals surface area contributed by atoms with Crippen LogP contribution in [-0.2, 0) is 0 Å². The summed E-state index contributed by atoms with van der Waals surface area (Å²) in [6, 6.07) is 5.54. The predicted molar refractivity (Wildman–Crippen MR) is 81.8 cm³/mol. The van der Waals surface area contributed by atoms with E-state index in [1.807, 2.05) is 0 Å². The third-order valence-corrected chi connectivity index (χ3v) is 3.68. The van der Waals surface area contributed by atoms with Gasteiger partial charge in [-0.25, -0.2) is 4.39 Å². The highest BCUT2D eigenvalue weighted by atomic mass is 35.5. The molecule has 1 saturated carbocycles. The normalized spacial score (nSPS) is 13.7. The number of anilines is 1. The van der Waals surface area contributed by atoms with Crippen LogP contribution in [0.4, 0.5) is 10.1 Å². The lowest BCUT2D eigenvalue weighted by atomic mass is 10.2. The molecule has 0 atom stereocenters. The van der Waals surface area contributed by atoms with Crippen LogP contribution in [0.15, 0.2) is 36.7 Å². The number of ether oxygens (including phenoxy) is 1. The van der Waals surface area contributed by atoms with Gasteiger partial charge in [-0.1, -0.05) is 11.6 Å². The van der Waals surface area contributed by atoms with Crippen LogP contribution in [0.1, 0.15) is 23.2 Å². The monoisotopic (exact) mass is 320 g/mol. The first-order chi connectivity index (χ1) is 10.6. The van der Waals surface area contributed by atoms with Crippen molar-refractivity contribution in [2.24, 2.45) is 5.92 Å². The molecule has 1 aliphatic rings. The highest BCUT2D eigenvalue weighted by molar-refractivity contribution is 6.34. The number of pyridine rings is 1. The Morgan fingerprint density at radius 2 is 2.23 bits per heavy atom. The lowest BCUT2D eigenvalue weighted by Gasteiger charge is -2.13. The zero-order valence-electron chi connectivity index (χ0n) is 11.7. The molecule has 1 aromatic heterocycles. The molecule has 1 aromatic carbocycles. The summed E-state index contributed by atoms with van der Waals surface area (Å²) in [5, 5.41) is 2.95. The van der Waals surface area contributed by atoms with Gasteiger partial charge in [-0.15, -0.1) is 0 Å². The van der Waals surface area contributed by atoms with Crippen molar-refractivity contribution in [3.63, 3.8) is 0 Å². The number of nitrogens with one attached hydrogen (secondary N) is 1. The number of halogens is 2. The zero-order chi connectivity index (χ0) is 15.5. The predicted octanol–water partition coefficient (Wildman–Crippen LogP) is 3.92. The number of hydrogen-bond acceptors (Lipinski definition) is 3. The Hall–Kier alpha value is -2.14. The number of nitrogens with zero attached hydrogens (tertiary/aromatic N) is 1. The Balaban J connectivity index is 1.78. The minimum absolute atomic E-state index is 0.252. The van der Waals surface area contributed by atoms with Gasteiger partial charge >= 0.3 is 0 Å². The van der Waals surface area contributed by atoms with E-state index < -0.39 is 11.7 Å². The highest BCUT2D eigenvalue weighted by Gasteiger charge is 2.23. The van der Waals surface area contributed by atoms with Gasteiger partial charge < -0.3 is 10.1 Å². The molecule has 1 fully saturated rings. The average Bonchev–Trinajstić information content (AvgIpc) is 3.32. The molecular formula is C16H14ClFN2O2. The van der Waals surface area contributed by atoms with E-state index in [9.17, 15) is 9.18 Å². The van der Waals surface area contributed by atoms with Crippen LogP contribution < -0.4 is 10.1 Å². The lowest BCUT2D eigenvalue weighted by Crippen LogP contribution is -2.14. The van der Waals surface area contributed by atoms with Crippen LogP contribution in [-0.4, -0.2) is 17.5 Å². The molecule has 114 valence electrons. The third-order valence-electron chi connectivity index (χ3n) is 3.38. The number of hydrogen-bond donors (Lipinski definition) is 1. The van der Waals surface area contributed by atoms with Crippen molar-refractivity contribution in [1.29, 1.82) is 0 Å². The Morgan fingerprint density at radius 1 is 1.41 bits per heavy atom. The van der Waals surface area contributed by atoms with E-state index >= 15 is 0 Å². The molecule has 22 heavy (non-hydrogen) atoms. The van der Waals surface area contributed by atoms with Gasteiger partial charge in [0.25, 0.3) is 5.91 Å². The van der Waals surface area contributed by atoms with Crippen molar-refractivity contribution in [1.82, 2.24) is 4.98 Å². The summed E-state index contributed by atoms with van der Waals surface area (Å²) in [5.41, 5.74) is 0.717. The molecule has 1 heterocycles. The summed E-state index contributed by atoms with van der Waals surface area (Å²) < 4.78 is 19.0. The Labute approximate surface area is 132 Å². The average molecular weight is 321 g/mol. The van der Waals surface area contributed by atoms with Gasteiger partial charge in [0, 0.05) is 18.5 Å². The van der Waals surface area contributed by atoms with Crippen LogP contribution in [0.2, 0.25) is 5.02 Å². The quantitative estimate of drug-likeness (QED) is 0.908. The van der Waals surface area contributed by atoms with Crippen molar-refractivity contribution < 1.29 is 13.9 Å². The van der Waals surface area contributed by atoms with Crippen LogP contribution in [0.5, 0.6) is 5.75 Å². The van der Waals surface area contributed by atoms with Crippen molar-refractivity contribution in [2.45, 2.75) is 12.8 Å². The molecular weight excluding hydrogens is 307 g/mol. The van der Waals surface area contributed by atoms with Crippen LogP contribution in [0.3, 0.4) is 0 Å². The number of aromatic nitrogens is 1. The third kappa shape index (κ3) is 3.54. The standard InChI is InChI=1S/C16H14ClFN2O2/c17-13-8-19-6-5-12(13)16(21)20-14-4-3-11(18)7-15(14)22-9-10-1-2-10/h3-8,10H,1-2,9H2,(H,20,21). The summed E-state index contributed by atoms with van der Waals surface area (Å²) >= 11 is 5.95. The summed E-state index contributed by atoms with van der Waals surface area (Å²) in [5.74, 6) is 0.0490. The van der Waals surface area contributed by atoms with Gasteiger partial charge in [-0.05, 0) is 37.0 Å². The van der Waals surface area contributed by atoms with E-state index in [-0.39, 0.29) is 5.02 Å². The molecule has 0 bridgehead atoms. The highest BCUT2D eigenvalue weighted by Crippen LogP contribution is 2.32. The molecule has 1 amide bonds. The maximum absolute atomic E-state index is 13.4. The Kier molecular flexibility index (Phi) is 4.24. The van der Waals surface area contributed by atoms with E-state index in [1.54, 1.807) is 0 Å². The Bertz CT molecular complexity index is 704. The molecule has 3 rings (SSSR count). The van der Waals surface area contributed by atoms with Crippen LogP contribution in [0.25, 0.3) is 0 Å². The van der Waals surface area contributed by atoms with Gasteiger partial charge in [0.1, 0.15) is 11.6 Å². The largest absolute Gasteiger partial charge is 0.491 e. The van der Waals surface area contributed by atoms with E-state index in [4.69, 9.17) is 16.3 Å². The molecule has 2 aromatic rings. The van der Waals surface area contributed by atoms with Crippen molar-refractivity contribution >= 4 is 23.2 Å². The van der Waals surface area contributed by atoms with E-state index in [2.05, 4.69) is 10.3 Å². The minimum atomic E-state index is -0.411. The number of carbonyl (C=O) groups is 1. The van der Waals surface area contributed by atoms with E-state index in [1.165, 1.54) is 36.7 Å². The number of benzene rings is 1. The second kappa shape index (κ2) is 6.32. The molecule has 0 spiro atoms. The zero-order valence-corrected chi connectivity index (χ0v) is 12.4. The maximum Gasteiger partial charge on any atom is 0.257 e. The second-order valence-corrected chi connectivity index (χ2v) is 5.61. The van der Waals surface area contributed by atoms with Crippen molar-refractivity contribution in [3.8, 4) is 5.75 Å². The smallest absolute Gasteiger partial charge is 0.257 e. The summed E-state index contributed by atoms with van der Waals surface area (Å²) in [6.07, 6.45) is 5.13. The van der Waals surface area contributed by atoms with Gasteiger partial charge in [-0.2, -0.15) is 0 Å². The molecule has 0 unspecified atom stereocenters. The minimum Gasteiger partial charge on any atom is -0.491 e. The maximum atomic E-state index is 13.4. The molecule has 6 heteroatoms. The lowest BCUT2D eigenvalue weighted by molar-refractivity contribution is 0.102. The topological polar surface area (TPSA) is 51.2 Å².